The lowest BCUT2D eigenvalue weighted by Crippen LogP contribution is -2.39. The van der Waals surface area contributed by atoms with Crippen molar-refractivity contribution in [2.75, 3.05) is 13.6 Å². The maximum atomic E-state index is 8.55. The molecule has 2 atom stereocenters. The molecule has 2 N–H and O–H groups in total. The van der Waals surface area contributed by atoms with Crippen molar-refractivity contribution in [1.29, 1.82) is 5.26 Å². The first-order valence-electron chi connectivity index (χ1n) is 4.82. The van der Waals surface area contributed by atoms with Gasteiger partial charge in [-0.2, -0.15) is 5.26 Å². The molecule has 0 radical (unpaired) electrons. The highest BCUT2D eigenvalue weighted by Crippen LogP contribution is 2.09. The zero-order valence-electron chi connectivity index (χ0n) is 9.12. The Morgan fingerprint density at radius 1 is 1.38 bits per heavy atom. The monoisotopic (exact) mass is 183 g/mol. The zero-order chi connectivity index (χ0) is 10.4. The second-order valence-electron chi connectivity index (χ2n) is 4.15. The van der Waals surface area contributed by atoms with Crippen molar-refractivity contribution < 1.29 is 0 Å². The zero-order valence-corrected chi connectivity index (χ0v) is 9.12. The van der Waals surface area contributed by atoms with Gasteiger partial charge in [0.25, 0.3) is 0 Å². The van der Waals surface area contributed by atoms with E-state index in [1.54, 1.807) is 0 Å². The van der Waals surface area contributed by atoms with Gasteiger partial charge in [-0.15, -0.1) is 0 Å². The van der Waals surface area contributed by atoms with Crippen molar-refractivity contribution in [1.82, 2.24) is 4.90 Å². The van der Waals surface area contributed by atoms with Gasteiger partial charge in [-0.25, -0.2) is 0 Å². The molecule has 0 aliphatic rings. The molecule has 0 saturated heterocycles. The van der Waals surface area contributed by atoms with Crippen molar-refractivity contribution in [2.24, 2.45) is 11.7 Å². The summed E-state index contributed by atoms with van der Waals surface area (Å²) >= 11 is 0. The Hall–Kier alpha value is -0.590. The predicted octanol–water partition coefficient (Wildman–Crippen LogP) is 1.20. The van der Waals surface area contributed by atoms with Crippen LogP contribution >= 0.6 is 0 Å². The smallest absolute Gasteiger partial charge is 0.106 e. The molecule has 0 aromatic heterocycles. The van der Waals surface area contributed by atoms with Crippen LogP contribution in [0.15, 0.2) is 0 Å². The first-order chi connectivity index (χ1) is 5.97. The van der Waals surface area contributed by atoms with E-state index >= 15 is 0 Å². The van der Waals surface area contributed by atoms with E-state index in [-0.39, 0.29) is 6.04 Å². The average molecular weight is 183 g/mol. The number of hydrogen-bond acceptors (Lipinski definition) is 3. The van der Waals surface area contributed by atoms with Gasteiger partial charge < -0.3 is 10.6 Å². The molecule has 0 bridgehead atoms. The fraction of sp³-hybridized carbons (Fsp3) is 0.900. The highest BCUT2D eigenvalue weighted by atomic mass is 15.1. The Morgan fingerprint density at radius 3 is 2.31 bits per heavy atom. The van der Waals surface area contributed by atoms with Gasteiger partial charge in [-0.1, -0.05) is 13.8 Å². The summed E-state index contributed by atoms with van der Waals surface area (Å²) in [5, 5.41) is 8.55. The van der Waals surface area contributed by atoms with Gasteiger partial charge in [0.2, 0.25) is 0 Å². The molecule has 3 nitrogen and oxygen atoms in total. The van der Waals surface area contributed by atoms with E-state index in [4.69, 9.17) is 11.0 Å². The molecule has 2 unspecified atom stereocenters. The molecule has 0 aliphatic heterocycles. The topological polar surface area (TPSA) is 53.0 Å². The summed E-state index contributed by atoms with van der Waals surface area (Å²) in [6, 6.07) is 2.18. The summed E-state index contributed by atoms with van der Waals surface area (Å²) in [5.74, 6) is 0.691. The Balaban J connectivity index is 3.83. The molecule has 0 aromatic carbocycles. The first-order valence-corrected chi connectivity index (χ1v) is 4.82. The third-order valence-corrected chi connectivity index (χ3v) is 2.22. The molecule has 13 heavy (non-hydrogen) atoms. The number of rotatable bonds is 5. The number of nitriles is 1. The standard InChI is InChI=1S/C10H21N3/c1-8(2)5-9(3)13(4)7-10(12)6-11/h8-10H,5,7,12H2,1-4H3. The lowest BCUT2D eigenvalue weighted by atomic mass is 10.0. The van der Waals surface area contributed by atoms with E-state index in [9.17, 15) is 0 Å². The van der Waals surface area contributed by atoms with Crippen LogP contribution in [0.4, 0.5) is 0 Å². The van der Waals surface area contributed by atoms with Crippen molar-refractivity contribution in [3.8, 4) is 6.07 Å². The fourth-order valence-electron chi connectivity index (χ4n) is 1.39. The lowest BCUT2D eigenvalue weighted by molar-refractivity contribution is 0.225. The molecular formula is C10H21N3. The molecule has 76 valence electrons. The van der Waals surface area contributed by atoms with Gasteiger partial charge in [0.15, 0.2) is 0 Å². The van der Waals surface area contributed by atoms with Gasteiger partial charge >= 0.3 is 0 Å². The molecule has 0 rings (SSSR count). The summed E-state index contributed by atoms with van der Waals surface area (Å²) in [6.07, 6.45) is 1.15. The van der Waals surface area contributed by atoms with Crippen molar-refractivity contribution in [3.05, 3.63) is 0 Å². The SMILES string of the molecule is CC(C)CC(C)N(C)CC(N)C#N. The third-order valence-electron chi connectivity index (χ3n) is 2.22. The maximum absolute atomic E-state index is 8.55. The molecule has 0 amide bonds. The average Bonchev–Trinajstić information content (AvgIpc) is 2.02. The van der Waals surface area contributed by atoms with Crippen molar-refractivity contribution >= 4 is 0 Å². The van der Waals surface area contributed by atoms with Crippen LogP contribution in [0.3, 0.4) is 0 Å². The van der Waals surface area contributed by atoms with E-state index in [2.05, 4.69) is 25.7 Å². The highest BCUT2D eigenvalue weighted by Gasteiger charge is 2.13. The maximum Gasteiger partial charge on any atom is 0.106 e. The molecule has 0 spiro atoms. The number of likely N-dealkylation sites (N-methyl/N-ethyl adjacent to an activating group) is 1. The summed E-state index contributed by atoms with van der Waals surface area (Å²) in [7, 11) is 2.02. The molecule has 0 saturated carbocycles. The molecule has 0 heterocycles. The quantitative estimate of drug-likeness (QED) is 0.697. The van der Waals surface area contributed by atoms with E-state index < -0.39 is 0 Å². The molecule has 0 aliphatic carbocycles. The van der Waals surface area contributed by atoms with Crippen LogP contribution in [0.5, 0.6) is 0 Å². The van der Waals surface area contributed by atoms with Crippen LogP contribution in [0, 0.1) is 17.2 Å². The summed E-state index contributed by atoms with van der Waals surface area (Å²) < 4.78 is 0. The van der Waals surface area contributed by atoms with Gasteiger partial charge in [0.1, 0.15) is 6.04 Å². The van der Waals surface area contributed by atoms with E-state index in [0.717, 1.165) is 6.42 Å². The third kappa shape index (κ3) is 5.62. The normalized spacial score (nSPS) is 15.8. The first kappa shape index (κ1) is 12.4. The van der Waals surface area contributed by atoms with Gasteiger partial charge in [0.05, 0.1) is 6.07 Å². The molecule has 0 fully saturated rings. The molecular weight excluding hydrogens is 162 g/mol. The van der Waals surface area contributed by atoms with E-state index in [0.29, 0.717) is 18.5 Å². The Labute approximate surface area is 81.5 Å². The lowest BCUT2D eigenvalue weighted by Gasteiger charge is -2.26. The molecule has 0 aromatic rings. The predicted molar refractivity (Wildman–Crippen MR) is 55.1 cm³/mol. The van der Waals surface area contributed by atoms with Gasteiger partial charge in [0, 0.05) is 12.6 Å². The highest BCUT2D eigenvalue weighted by molar-refractivity contribution is 4.89. The number of hydrogen-bond donors (Lipinski definition) is 1. The van der Waals surface area contributed by atoms with Crippen LogP contribution < -0.4 is 5.73 Å². The van der Waals surface area contributed by atoms with Crippen LogP contribution in [0.2, 0.25) is 0 Å². The van der Waals surface area contributed by atoms with Crippen molar-refractivity contribution in [3.63, 3.8) is 0 Å². The van der Waals surface area contributed by atoms with Crippen LogP contribution in [-0.4, -0.2) is 30.6 Å². The molecule has 3 heteroatoms. The second kappa shape index (κ2) is 5.95. The van der Waals surface area contributed by atoms with Gasteiger partial charge in [-0.3, -0.25) is 0 Å². The van der Waals surface area contributed by atoms with Crippen LogP contribution in [0.25, 0.3) is 0 Å². The minimum absolute atomic E-state index is 0.361. The minimum atomic E-state index is -0.361. The second-order valence-corrected chi connectivity index (χ2v) is 4.15. The van der Waals surface area contributed by atoms with Crippen molar-refractivity contribution in [2.45, 2.75) is 39.3 Å². The minimum Gasteiger partial charge on any atom is -0.315 e. The summed E-state index contributed by atoms with van der Waals surface area (Å²) in [6.45, 7) is 7.23. The van der Waals surface area contributed by atoms with E-state index in [1.165, 1.54) is 0 Å². The summed E-state index contributed by atoms with van der Waals surface area (Å²) in [4.78, 5) is 2.15. The Kier molecular flexibility index (Phi) is 5.68. The number of nitrogens with zero attached hydrogens (tertiary/aromatic N) is 2. The Bertz CT molecular complexity index is 171. The van der Waals surface area contributed by atoms with Crippen LogP contribution in [-0.2, 0) is 0 Å². The summed E-state index contributed by atoms with van der Waals surface area (Å²) in [5.41, 5.74) is 5.54. The largest absolute Gasteiger partial charge is 0.315 e. The van der Waals surface area contributed by atoms with E-state index in [1.807, 2.05) is 13.1 Å². The fourth-order valence-corrected chi connectivity index (χ4v) is 1.39. The number of nitrogens with two attached hydrogens (primary N) is 1. The Morgan fingerprint density at radius 2 is 1.92 bits per heavy atom. The van der Waals surface area contributed by atoms with Crippen LogP contribution in [0.1, 0.15) is 27.2 Å². The van der Waals surface area contributed by atoms with Gasteiger partial charge in [-0.05, 0) is 26.3 Å².